The largest absolute Gasteiger partial charge is 0.504 e. The van der Waals surface area contributed by atoms with Gasteiger partial charge in [-0.15, -0.1) is 0 Å². The highest BCUT2D eigenvalue weighted by atomic mass is 16.5. The number of aromatic hydroxyl groups is 1. The zero-order chi connectivity index (χ0) is 24.4. The van der Waals surface area contributed by atoms with E-state index in [2.05, 4.69) is 4.90 Å². The van der Waals surface area contributed by atoms with Crippen LogP contribution in [0.4, 0.5) is 0 Å². The molecule has 7 nitrogen and oxygen atoms in total. The van der Waals surface area contributed by atoms with Gasteiger partial charge in [0, 0.05) is 23.7 Å². The Bertz CT molecular complexity index is 1280. The molecule has 0 amide bonds. The topological polar surface area (TPSA) is 93.5 Å². The first-order valence-corrected chi connectivity index (χ1v) is 13.5. The van der Waals surface area contributed by atoms with Gasteiger partial charge in [-0.2, -0.15) is 0 Å². The summed E-state index contributed by atoms with van der Waals surface area (Å²) in [5.74, 6) is 1.33. The third kappa shape index (κ3) is 2.45. The third-order valence-corrected chi connectivity index (χ3v) is 10.4. The number of fused-ring (bicyclic) bond motifs is 1. The molecule has 2 bridgehead atoms. The van der Waals surface area contributed by atoms with Gasteiger partial charge in [0.15, 0.2) is 11.5 Å². The molecule has 1 saturated heterocycles. The van der Waals surface area contributed by atoms with Crippen LogP contribution in [0.3, 0.4) is 0 Å². The first-order valence-electron chi connectivity index (χ1n) is 13.5. The number of phenolic OH excluding ortho intramolecular Hbond substituents is 1. The fourth-order valence-corrected chi connectivity index (χ4v) is 8.78. The molecule has 36 heavy (non-hydrogen) atoms. The number of carbonyl (C=O) groups excluding carboxylic acids is 1. The number of hydrogen-bond acceptors (Lipinski definition) is 7. The van der Waals surface area contributed by atoms with Crippen molar-refractivity contribution in [3.63, 3.8) is 0 Å². The highest BCUT2D eigenvalue weighted by molar-refractivity contribution is 5.66. The van der Waals surface area contributed by atoms with Gasteiger partial charge in [0.1, 0.15) is 18.6 Å². The third-order valence-electron chi connectivity index (χ3n) is 10.4. The molecule has 0 radical (unpaired) electrons. The van der Waals surface area contributed by atoms with Crippen LogP contribution < -0.4 is 4.74 Å². The van der Waals surface area contributed by atoms with Crippen LogP contribution in [0, 0.1) is 5.92 Å². The number of phenols is 1. The Morgan fingerprint density at radius 2 is 1.89 bits per heavy atom. The summed E-state index contributed by atoms with van der Waals surface area (Å²) in [5, 5.41) is 35.0. The number of benzene rings is 2. The van der Waals surface area contributed by atoms with Gasteiger partial charge >= 0.3 is 0 Å². The molecular weight excluding hydrogens is 456 g/mol. The maximum absolute atomic E-state index is 12.7. The second kappa shape index (κ2) is 7.10. The first kappa shape index (κ1) is 21.6. The van der Waals surface area contributed by atoms with Crippen LogP contribution in [0.15, 0.2) is 36.4 Å². The molecule has 188 valence electrons. The van der Waals surface area contributed by atoms with Crippen molar-refractivity contribution >= 4 is 6.29 Å². The number of hydrogen-bond donors (Lipinski definition) is 3. The Balaban J connectivity index is 1.27. The molecule has 0 aromatic heterocycles. The molecule has 7 heteroatoms. The summed E-state index contributed by atoms with van der Waals surface area (Å²) in [6.07, 6.45) is 4.75. The monoisotopic (exact) mass is 488 g/mol. The summed E-state index contributed by atoms with van der Waals surface area (Å²) in [7, 11) is 0. The minimum absolute atomic E-state index is 0.00413. The van der Waals surface area contributed by atoms with Crippen molar-refractivity contribution in [1.82, 2.24) is 9.80 Å². The zero-order valence-corrected chi connectivity index (χ0v) is 20.2. The number of aldehydes is 1. The van der Waals surface area contributed by atoms with Crippen LogP contribution >= 0.6 is 0 Å². The molecule has 8 rings (SSSR count). The Hall–Kier alpha value is -2.45. The molecule has 7 atom stereocenters. The summed E-state index contributed by atoms with van der Waals surface area (Å²) in [6, 6.07) is 10.5. The minimum atomic E-state index is -0.985. The Kier molecular flexibility index (Phi) is 4.26. The molecule has 3 aliphatic heterocycles. The van der Waals surface area contributed by atoms with E-state index in [0.29, 0.717) is 18.6 Å². The zero-order valence-electron chi connectivity index (χ0n) is 20.2. The van der Waals surface area contributed by atoms with Crippen LogP contribution in [0.25, 0.3) is 0 Å². The first-order chi connectivity index (χ1) is 17.5. The quantitative estimate of drug-likeness (QED) is 0.570. The van der Waals surface area contributed by atoms with Crippen LogP contribution in [0.5, 0.6) is 11.5 Å². The molecule has 3 aliphatic carbocycles. The maximum Gasteiger partial charge on any atom is 0.165 e. The van der Waals surface area contributed by atoms with Crippen molar-refractivity contribution in [2.45, 2.75) is 80.0 Å². The van der Waals surface area contributed by atoms with Crippen molar-refractivity contribution < 1.29 is 24.9 Å². The lowest BCUT2D eigenvalue weighted by atomic mass is 9.48. The van der Waals surface area contributed by atoms with Crippen molar-refractivity contribution in [3.05, 3.63) is 58.7 Å². The molecule has 2 unspecified atom stereocenters. The van der Waals surface area contributed by atoms with E-state index in [1.807, 2.05) is 35.2 Å². The SMILES string of the molecule is O=CC1c2ccccc2C(O)N1[C@@H]1CC[C@@]2(O)[C@H]3Cc4ccc(O)c5c4[C@@]2(CCN3CC2CC2)[C@H]1O5. The van der Waals surface area contributed by atoms with E-state index >= 15 is 0 Å². The summed E-state index contributed by atoms with van der Waals surface area (Å²) < 4.78 is 6.67. The fourth-order valence-electron chi connectivity index (χ4n) is 8.78. The summed E-state index contributed by atoms with van der Waals surface area (Å²) in [6.45, 7) is 1.91. The molecule has 3 heterocycles. The fraction of sp³-hybridized carbons (Fsp3) is 0.552. The van der Waals surface area contributed by atoms with E-state index in [1.54, 1.807) is 6.07 Å². The van der Waals surface area contributed by atoms with Gasteiger partial charge in [-0.05, 0) is 68.2 Å². The Labute approximate surface area is 210 Å². The molecule has 1 spiro atoms. The number of aliphatic hydroxyl groups excluding tert-OH is 1. The van der Waals surface area contributed by atoms with Crippen LogP contribution in [-0.4, -0.2) is 68.3 Å². The van der Waals surface area contributed by atoms with Gasteiger partial charge in [-0.3, -0.25) is 9.80 Å². The van der Waals surface area contributed by atoms with Crippen molar-refractivity contribution in [1.29, 1.82) is 0 Å². The lowest BCUT2D eigenvalue weighted by molar-refractivity contribution is -0.211. The van der Waals surface area contributed by atoms with Crippen LogP contribution in [-0.2, 0) is 16.6 Å². The number of ether oxygens (including phenoxy) is 1. The average Bonchev–Trinajstić information content (AvgIpc) is 3.56. The maximum atomic E-state index is 12.7. The molecule has 3 fully saturated rings. The second-order valence-corrected chi connectivity index (χ2v) is 11.9. The molecule has 2 aromatic rings. The van der Waals surface area contributed by atoms with E-state index in [1.165, 1.54) is 12.8 Å². The van der Waals surface area contributed by atoms with Gasteiger partial charge in [0.25, 0.3) is 0 Å². The van der Waals surface area contributed by atoms with E-state index in [4.69, 9.17) is 4.74 Å². The molecule has 3 N–H and O–H groups in total. The number of nitrogens with zero attached hydrogens (tertiary/aromatic N) is 2. The lowest BCUT2D eigenvalue weighted by Crippen LogP contribution is -2.78. The van der Waals surface area contributed by atoms with Gasteiger partial charge in [-0.1, -0.05) is 30.3 Å². The highest BCUT2D eigenvalue weighted by Gasteiger charge is 2.74. The molecule has 2 aromatic carbocycles. The van der Waals surface area contributed by atoms with E-state index in [-0.39, 0.29) is 17.8 Å². The van der Waals surface area contributed by atoms with E-state index in [9.17, 15) is 20.1 Å². The highest BCUT2D eigenvalue weighted by Crippen LogP contribution is 2.66. The van der Waals surface area contributed by atoms with Crippen LogP contribution in [0.1, 0.15) is 66.6 Å². The van der Waals surface area contributed by atoms with Gasteiger partial charge < -0.3 is 24.9 Å². The predicted octanol–water partition coefficient (Wildman–Crippen LogP) is 2.57. The average molecular weight is 489 g/mol. The Morgan fingerprint density at radius 1 is 1.08 bits per heavy atom. The summed E-state index contributed by atoms with van der Waals surface area (Å²) in [5.41, 5.74) is 2.05. The van der Waals surface area contributed by atoms with Gasteiger partial charge in [-0.25, -0.2) is 0 Å². The Morgan fingerprint density at radius 3 is 2.67 bits per heavy atom. The standard InChI is InChI=1S/C29H32N2O5/c32-15-21-18-3-1-2-4-19(18)27(34)31(21)20-9-10-29(35)23-13-17-7-8-22(33)25-24(17)28(29,26(20)36-25)11-12-30(23)14-16-5-6-16/h1-4,7-8,15-16,20-21,23,26-27,33-35H,5-6,9-14H2/t20-,21?,23-,26+,27?,28+,29-/m1/s1. The summed E-state index contributed by atoms with van der Waals surface area (Å²) >= 11 is 0. The van der Waals surface area contributed by atoms with E-state index < -0.39 is 29.4 Å². The van der Waals surface area contributed by atoms with Gasteiger partial charge in [0.05, 0.1) is 23.1 Å². The number of rotatable bonds is 4. The lowest BCUT2D eigenvalue weighted by Gasteiger charge is -2.65. The summed E-state index contributed by atoms with van der Waals surface area (Å²) in [4.78, 5) is 16.8. The van der Waals surface area contributed by atoms with E-state index in [0.717, 1.165) is 60.4 Å². The predicted molar refractivity (Wildman–Crippen MR) is 131 cm³/mol. The smallest absolute Gasteiger partial charge is 0.165 e. The van der Waals surface area contributed by atoms with Crippen molar-refractivity contribution in [2.24, 2.45) is 5.92 Å². The minimum Gasteiger partial charge on any atom is -0.504 e. The number of likely N-dealkylation sites (tertiary alicyclic amines) is 1. The van der Waals surface area contributed by atoms with Crippen LogP contribution in [0.2, 0.25) is 0 Å². The number of piperidine rings is 1. The molecule has 2 saturated carbocycles. The second-order valence-electron chi connectivity index (χ2n) is 11.9. The van der Waals surface area contributed by atoms with Gasteiger partial charge in [0.2, 0.25) is 0 Å². The number of aliphatic hydroxyl groups is 2. The van der Waals surface area contributed by atoms with Crippen molar-refractivity contribution in [3.8, 4) is 11.5 Å². The normalized spacial score (nSPS) is 40.4. The number of carbonyl (C=O) groups is 1. The van der Waals surface area contributed by atoms with Crippen molar-refractivity contribution in [2.75, 3.05) is 13.1 Å². The molecule has 6 aliphatic rings. The molecular formula is C29H32N2O5.